The average Bonchev–Trinajstić information content (AvgIpc) is 2.29. The number of aromatic nitrogens is 1. The molecule has 18 heavy (non-hydrogen) atoms. The van der Waals surface area contributed by atoms with Crippen molar-refractivity contribution in [1.29, 1.82) is 0 Å². The highest BCUT2D eigenvalue weighted by Gasteiger charge is 2.18. The summed E-state index contributed by atoms with van der Waals surface area (Å²) in [6, 6.07) is 13.1. The third kappa shape index (κ3) is 2.45. The number of nitrogens with zero attached hydrogens (tertiary/aromatic N) is 1. The second-order valence-corrected chi connectivity index (χ2v) is 5.98. The van der Waals surface area contributed by atoms with E-state index in [0.29, 0.717) is 0 Å². The molecule has 0 N–H and O–H groups in total. The van der Waals surface area contributed by atoms with Gasteiger partial charge in [-0.05, 0) is 35.6 Å². The number of aryl methyl sites for hydroxylation is 2. The molecule has 0 saturated heterocycles. The summed E-state index contributed by atoms with van der Waals surface area (Å²) in [4.78, 5) is 0. The molecule has 1 nitrogen and oxygen atoms in total. The van der Waals surface area contributed by atoms with Gasteiger partial charge in [0.1, 0.15) is 7.05 Å². The molecule has 2 aromatic rings. The molecule has 1 heterocycles. The van der Waals surface area contributed by atoms with Crippen LogP contribution in [0, 0.1) is 6.92 Å². The van der Waals surface area contributed by atoms with Crippen LogP contribution in [0.3, 0.4) is 0 Å². The molecule has 1 aromatic heterocycles. The largest absolute Gasteiger partial charge is 0.212 e. The van der Waals surface area contributed by atoms with E-state index in [2.05, 4.69) is 81.9 Å². The highest BCUT2D eigenvalue weighted by atomic mass is 14.9. The number of pyridine rings is 1. The van der Waals surface area contributed by atoms with E-state index in [4.69, 9.17) is 0 Å². The van der Waals surface area contributed by atoms with E-state index in [9.17, 15) is 0 Å². The molecule has 0 aliphatic heterocycles. The van der Waals surface area contributed by atoms with E-state index in [-0.39, 0.29) is 5.41 Å². The number of hydrogen-bond donors (Lipinski definition) is 0. The van der Waals surface area contributed by atoms with E-state index in [1.807, 2.05) is 0 Å². The zero-order valence-electron chi connectivity index (χ0n) is 12.0. The van der Waals surface area contributed by atoms with Gasteiger partial charge in [0.25, 0.3) is 0 Å². The molecular weight excluding hydrogens is 218 g/mol. The molecule has 0 spiro atoms. The van der Waals surface area contributed by atoms with Crippen molar-refractivity contribution in [3.05, 3.63) is 53.7 Å². The third-order valence-electron chi connectivity index (χ3n) is 3.43. The molecule has 1 aromatic carbocycles. The Labute approximate surface area is 110 Å². The Bertz CT molecular complexity index is 562. The molecule has 0 atom stereocenters. The fourth-order valence-corrected chi connectivity index (χ4v) is 2.17. The van der Waals surface area contributed by atoms with E-state index in [0.717, 1.165) is 0 Å². The smallest absolute Gasteiger partial charge is 0.201 e. The van der Waals surface area contributed by atoms with Gasteiger partial charge in [-0.1, -0.05) is 32.9 Å². The zero-order chi connectivity index (χ0) is 13.3. The molecule has 0 amide bonds. The molecule has 94 valence electrons. The maximum Gasteiger partial charge on any atom is 0.212 e. The van der Waals surface area contributed by atoms with Crippen LogP contribution >= 0.6 is 0 Å². The highest BCUT2D eigenvalue weighted by Crippen LogP contribution is 2.28. The van der Waals surface area contributed by atoms with E-state index < -0.39 is 0 Å². The first-order valence-corrected chi connectivity index (χ1v) is 6.46. The summed E-state index contributed by atoms with van der Waals surface area (Å²) in [6.45, 7) is 8.94. The summed E-state index contributed by atoms with van der Waals surface area (Å²) >= 11 is 0. The summed E-state index contributed by atoms with van der Waals surface area (Å²) in [5, 5.41) is 0. The molecule has 0 saturated carbocycles. The molecule has 1 heteroatoms. The second kappa shape index (κ2) is 4.56. The van der Waals surface area contributed by atoms with Gasteiger partial charge in [0.15, 0.2) is 6.20 Å². The Balaban J connectivity index is 2.61. The van der Waals surface area contributed by atoms with Crippen molar-refractivity contribution in [1.82, 2.24) is 0 Å². The number of benzene rings is 1. The van der Waals surface area contributed by atoms with Gasteiger partial charge in [-0.2, -0.15) is 0 Å². The highest BCUT2D eigenvalue weighted by molar-refractivity contribution is 5.62. The Kier molecular flexibility index (Phi) is 3.25. The first-order valence-electron chi connectivity index (χ1n) is 6.46. The standard InChI is InChI=1S/C17H22N/c1-13-9-10-14(17(2,3)4)12-15(13)16-8-6-7-11-18(16)5/h6-12H,1-5H3/q+1. The first-order chi connectivity index (χ1) is 8.39. The van der Waals surface area contributed by atoms with Crippen molar-refractivity contribution >= 4 is 0 Å². The van der Waals surface area contributed by atoms with Crippen LogP contribution < -0.4 is 4.57 Å². The van der Waals surface area contributed by atoms with Crippen LogP contribution in [0.25, 0.3) is 11.3 Å². The minimum Gasteiger partial charge on any atom is -0.201 e. The lowest BCUT2D eigenvalue weighted by Crippen LogP contribution is -2.30. The summed E-state index contributed by atoms with van der Waals surface area (Å²) in [7, 11) is 2.10. The van der Waals surface area contributed by atoms with E-state index >= 15 is 0 Å². The quantitative estimate of drug-likeness (QED) is 0.668. The molecule has 2 rings (SSSR count). The summed E-state index contributed by atoms with van der Waals surface area (Å²) in [5.41, 5.74) is 5.49. The normalized spacial score (nSPS) is 11.6. The number of hydrogen-bond acceptors (Lipinski definition) is 0. The Morgan fingerprint density at radius 1 is 1.00 bits per heavy atom. The minimum absolute atomic E-state index is 0.190. The topological polar surface area (TPSA) is 3.88 Å². The lowest BCUT2D eigenvalue weighted by atomic mass is 9.85. The van der Waals surface area contributed by atoms with Gasteiger partial charge in [0.2, 0.25) is 5.69 Å². The van der Waals surface area contributed by atoms with Crippen LogP contribution in [-0.2, 0) is 12.5 Å². The van der Waals surface area contributed by atoms with E-state index in [1.54, 1.807) is 0 Å². The maximum atomic E-state index is 2.32. The second-order valence-electron chi connectivity index (χ2n) is 5.98. The van der Waals surface area contributed by atoms with Gasteiger partial charge in [0, 0.05) is 17.7 Å². The minimum atomic E-state index is 0.190. The summed E-state index contributed by atoms with van der Waals surface area (Å²) < 4.78 is 2.18. The SMILES string of the molecule is Cc1ccc(C(C)(C)C)cc1-c1cccc[n+]1C. The monoisotopic (exact) mass is 240 g/mol. The lowest BCUT2D eigenvalue weighted by molar-refractivity contribution is -0.660. The van der Waals surface area contributed by atoms with Crippen LogP contribution in [-0.4, -0.2) is 0 Å². The Hall–Kier alpha value is -1.63. The van der Waals surface area contributed by atoms with Gasteiger partial charge in [-0.25, -0.2) is 4.57 Å². The zero-order valence-corrected chi connectivity index (χ0v) is 12.0. The van der Waals surface area contributed by atoms with Gasteiger partial charge >= 0.3 is 0 Å². The van der Waals surface area contributed by atoms with Gasteiger partial charge < -0.3 is 0 Å². The van der Waals surface area contributed by atoms with E-state index in [1.165, 1.54) is 22.4 Å². The van der Waals surface area contributed by atoms with Crippen molar-refractivity contribution < 1.29 is 4.57 Å². The fraction of sp³-hybridized carbons (Fsp3) is 0.353. The van der Waals surface area contributed by atoms with Crippen LogP contribution in [0.4, 0.5) is 0 Å². The lowest BCUT2D eigenvalue weighted by Gasteiger charge is -2.20. The van der Waals surface area contributed by atoms with Crippen molar-refractivity contribution in [3.8, 4) is 11.3 Å². The summed E-state index contributed by atoms with van der Waals surface area (Å²) in [5.74, 6) is 0. The maximum absolute atomic E-state index is 2.32. The predicted molar refractivity (Wildman–Crippen MR) is 76.5 cm³/mol. The Morgan fingerprint density at radius 3 is 2.33 bits per heavy atom. The molecule has 0 aliphatic carbocycles. The van der Waals surface area contributed by atoms with Gasteiger partial charge in [0.05, 0.1) is 0 Å². The van der Waals surface area contributed by atoms with Crippen molar-refractivity contribution in [2.75, 3.05) is 0 Å². The first kappa shape index (κ1) is 12.8. The Morgan fingerprint density at radius 2 is 1.72 bits per heavy atom. The van der Waals surface area contributed by atoms with Gasteiger partial charge in [-0.3, -0.25) is 0 Å². The summed E-state index contributed by atoms with van der Waals surface area (Å²) in [6.07, 6.45) is 2.10. The van der Waals surface area contributed by atoms with Crippen LogP contribution in [0.2, 0.25) is 0 Å². The van der Waals surface area contributed by atoms with Crippen LogP contribution in [0.1, 0.15) is 31.9 Å². The number of rotatable bonds is 1. The van der Waals surface area contributed by atoms with Crippen molar-refractivity contribution in [3.63, 3.8) is 0 Å². The van der Waals surface area contributed by atoms with Crippen molar-refractivity contribution in [2.24, 2.45) is 7.05 Å². The average molecular weight is 240 g/mol. The predicted octanol–water partition coefficient (Wildman–Crippen LogP) is 3.78. The van der Waals surface area contributed by atoms with Gasteiger partial charge in [-0.15, -0.1) is 0 Å². The molecule has 0 bridgehead atoms. The van der Waals surface area contributed by atoms with Crippen molar-refractivity contribution in [2.45, 2.75) is 33.1 Å². The van der Waals surface area contributed by atoms with Crippen LogP contribution in [0.15, 0.2) is 42.6 Å². The molecule has 0 fully saturated rings. The molecule has 0 aliphatic rings. The molecular formula is C17H22N+. The molecule has 0 radical (unpaired) electrons. The van der Waals surface area contributed by atoms with Crippen LogP contribution in [0.5, 0.6) is 0 Å². The fourth-order valence-electron chi connectivity index (χ4n) is 2.17. The molecule has 0 unspecified atom stereocenters. The third-order valence-corrected chi connectivity index (χ3v) is 3.43.